The molecule has 7 nitrogen and oxygen atoms in total. The first-order chi connectivity index (χ1) is 12.4. The number of carbonyl (C=O) groups excluding carboxylic acids is 1. The van der Waals surface area contributed by atoms with Crippen molar-refractivity contribution in [1.29, 1.82) is 0 Å². The van der Waals surface area contributed by atoms with Crippen LogP contribution in [0.15, 0.2) is 35.7 Å². The summed E-state index contributed by atoms with van der Waals surface area (Å²) in [5.74, 6) is 0.362. The summed E-state index contributed by atoms with van der Waals surface area (Å²) in [6.07, 6.45) is 2.16. The molecule has 140 valence electrons. The van der Waals surface area contributed by atoms with Gasteiger partial charge in [0.05, 0.1) is 22.9 Å². The van der Waals surface area contributed by atoms with Gasteiger partial charge in [-0.15, -0.1) is 10.2 Å². The van der Waals surface area contributed by atoms with E-state index in [2.05, 4.69) is 10.2 Å². The summed E-state index contributed by atoms with van der Waals surface area (Å²) in [6, 6.07) is 7.68. The van der Waals surface area contributed by atoms with Gasteiger partial charge in [0.1, 0.15) is 6.33 Å². The van der Waals surface area contributed by atoms with E-state index in [4.69, 9.17) is 0 Å². The lowest BCUT2D eigenvalue weighted by Gasteiger charge is -2.26. The van der Waals surface area contributed by atoms with Gasteiger partial charge in [0.15, 0.2) is 15.0 Å². The fraction of sp³-hybridized carbons (Fsp3) is 0.471. The number of carbonyl (C=O) groups is 1. The molecule has 26 heavy (non-hydrogen) atoms. The van der Waals surface area contributed by atoms with Gasteiger partial charge in [-0.2, -0.15) is 0 Å². The average molecular weight is 395 g/mol. The molecule has 2 aromatic rings. The molecule has 9 heteroatoms. The van der Waals surface area contributed by atoms with Gasteiger partial charge < -0.3 is 4.90 Å². The molecule has 3 rings (SSSR count). The van der Waals surface area contributed by atoms with Gasteiger partial charge >= 0.3 is 0 Å². The smallest absolute Gasteiger partial charge is 0.233 e. The fourth-order valence-corrected chi connectivity index (χ4v) is 5.73. The van der Waals surface area contributed by atoms with E-state index in [1.807, 2.05) is 42.7 Å². The Morgan fingerprint density at radius 3 is 2.81 bits per heavy atom. The number of hydrogen-bond acceptors (Lipinski definition) is 6. The second-order valence-electron chi connectivity index (χ2n) is 6.30. The first kappa shape index (κ1) is 18.9. The lowest BCUT2D eigenvalue weighted by molar-refractivity contribution is -0.129. The maximum atomic E-state index is 12.6. The predicted molar refractivity (Wildman–Crippen MR) is 101 cm³/mol. The van der Waals surface area contributed by atoms with Crippen LogP contribution >= 0.6 is 11.8 Å². The molecule has 1 fully saturated rings. The first-order valence-corrected chi connectivity index (χ1v) is 11.3. The molecule has 1 atom stereocenters. The molecule has 1 aromatic heterocycles. The van der Waals surface area contributed by atoms with Crippen LogP contribution in [0.1, 0.15) is 18.9 Å². The Bertz CT molecular complexity index is 895. The van der Waals surface area contributed by atoms with E-state index in [-0.39, 0.29) is 29.2 Å². The molecule has 2 heterocycles. The minimum atomic E-state index is -3.02. The lowest BCUT2D eigenvalue weighted by Crippen LogP contribution is -2.42. The summed E-state index contributed by atoms with van der Waals surface area (Å²) in [6.45, 7) is 4.39. The highest BCUT2D eigenvalue weighted by Crippen LogP contribution is 2.23. The van der Waals surface area contributed by atoms with E-state index in [1.54, 1.807) is 11.2 Å². The monoisotopic (exact) mass is 394 g/mol. The molecule has 1 amide bonds. The number of sulfone groups is 1. The predicted octanol–water partition coefficient (Wildman–Crippen LogP) is 1.70. The Balaban J connectivity index is 1.69. The van der Waals surface area contributed by atoms with Gasteiger partial charge in [-0.25, -0.2) is 8.42 Å². The molecule has 0 aliphatic carbocycles. The molecule has 1 aliphatic heterocycles. The van der Waals surface area contributed by atoms with Crippen LogP contribution in [0, 0.1) is 6.92 Å². The van der Waals surface area contributed by atoms with E-state index in [0.717, 1.165) is 11.3 Å². The largest absolute Gasteiger partial charge is 0.338 e. The molecule has 0 radical (unpaired) electrons. The number of thioether (sulfide) groups is 1. The van der Waals surface area contributed by atoms with Crippen molar-refractivity contribution in [1.82, 2.24) is 19.7 Å². The molecule has 1 aromatic carbocycles. The number of benzene rings is 1. The standard InChI is InChI=1S/C17H22N4O3S2/c1-3-20(14-8-9-26(23,24)11-14)16(22)10-25-17-19-18-12-21(17)15-7-5-4-6-13(15)2/h4-7,12,14H,3,8-11H2,1-2H3/t14-/m1/s1. The second kappa shape index (κ2) is 7.79. The summed E-state index contributed by atoms with van der Waals surface area (Å²) < 4.78 is 25.3. The number of para-hydroxylation sites is 1. The molecule has 1 aliphatic rings. The van der Waals surface area contributed by atoms with Crippen LogP contribution < -0.4 is 0 Å². The number of aryl methyl sites for hydroxylation is 1. The zero-order valence-corrected chi connectivity index (χ0v) is 16.5. The molecular weight excluding hydrogens is 372 g/mol. The Labute approximate surface area is 157 Å². The summed E-state index contributed by atoms with van der Waals surface area (Å²) in [5, 5.41) is 8.73. The number of rotatable bonds is 6. The summed E-state index contributed by atoms with van der Waals surface area (Å²) in [7, 11) is -3.02. The van der Waals surface area contributed by atoms with Gasteiger partial charge in [0.2, 0.25) is 5.91 Å². The summed E-state index contributed by atoms with van der Waals surface area (Å²) in [5.41, 5.74) is 2.06. The van der Waals surface area contributed by atoms with Crippen molar-refractivity contribution in [2.45, 2.75) is 31.5 Å². The quantitative estimate of drug-likeness (QED) is 0.694. The number of aromatic nitrogens is 3. The molecule has 1 saturated heterocycles. The minimum Gasteiger partial charge on any atom is -0.338 e. The van der Waals surface area contributed by atoms with Crippen LogP contribution in [0.4, 0.5) is 0 Å². The number of nitrogens with zero attached hydrogens (tertiary/aromatic N) is 4. The van der Waals surface area contributed by atoms with Gasteiger partial charge in [0, 0.05) is 12.6 Å². The van der Waals surface area contributed by atoms with Crippen molar-refractivity contribution >= 4 is 27.5 Å². The third-order valence-corrected chi connectivity index (χ3v) is 7.20. The fourth-order valence-electron chi connectivity index (χ4n) is 3.19. The zero-order chi connectivity index (χ0) is 18.7. The normalized spacial score (nSPS) is 18.8. The van der Waals surface area contributed by atoms with Crippen molar-refractivity contribution in [2.24, 2.45) is 0 Å². The molecular formula is C17H22N4O3S2. The highest BCUT2D eigenvalue weighted by atomic mass is 32.2. The molecule has 0 unspecified atom stereocenters. The SMILES string of the molecule is CCN(C(=O)CSc1nncn1-c1ccccc1C)[C@@H]1CCS(=O)(=O)C1. The van der Waals surface area contributed by atoms with Crippen molar-refractivity contribution < 1.29 is 13.2 Å². The minimum absolute atomic E-state index is 0.0661. The second-order valence-corrected chi connectivity index (χ2v) is 9.47. The Hall–Kier alpha value is -1.87. The highest BCUT2D eigenvalue weighted by molar-refractivity contribution is 7.99. The maximum absolute atomic E-state index is 12.6. The van der Waals surface area contributed by atoms with Gasteiger partial charge in [0.25, 0.3) is 0 Å². The molecule has 0 N–H and O–H groups in total. The maximum Gasteiger partial charge on any atom is 0.233 e. The number of hydrogen-bond donors (Lipinski definition) is 0. The first-order valence-electron chi connectivity index (χ1n) is 8.50. The number of amides is 1. The van der Waals surface area contributed by atoms with E-state index in [9.17, 15) is 13.2 Å². The Morgan fingerprint density at radius 2 is 2.15 bits per heavy atom. The van der Waals surface area contributed by atoms with Gasteiger partial charge in [-0.1, -0.05) is 30.0 Å². The van der Waals surface area contributed by atoms with E-state index in [0.29, 0.717) is 18.1 Å². The van der Waals surface area contributed by atoms with E-state index < -0.39 is 9.84 Å². The average Bonchev–Trinajstić information content (AvgIpc) is 3.20. The van der Waals surface area contributed by atoms with Crippen LogP contribution in [-0.4, -0.2) is 63.8 Å². The van der Waals surface area contributed by atoms with Gasteiger partial charge in [-0.05, 0) is 31.9 Å². The van der Waals surface area contributed by atoms with Crippen molar-refractivity contribution in [2.75, 3.05) is 23.8 Å². The highest BCUT2D eigenvalue weighted by Gasteiger charge is 2.33. The summed E-state index contributed by atoms with van der Waals surface area (Å²) >= 11 is 1.32. The van der Waals surface area contributed by atoms with Gasteiger partial charge in [-0.3, -0.25) is 9.36 Å². The van der Waals surface area contributed by atoms with E-state index >= 15 is 0 Å². The third-order valence-electron chi connectivity index (χ3n) is 4.53. The molecule has 0 spiro atoms. The van der Waals surface area contributed by atoms with E-state index in [1.165, 1.54) is 11.8 Å². The summed E-state index contributed by atoms with van der Waals surface area (Å²) in [4.78, 5) is 14.3. The van der Waals surface area contributed by atoms with Crippen molar-refractivity contribution in [3.63, 3.8) is 0 Å². The Morgan fingerprint density at radius 1 is 1.38 bits per heavy atom. The Kier molecular flexibility index (Phi) is 5.67. The third kappa shape index (κ3) is 4.09. The van der Waals surface area contributed by atoms with Crippen LogP contribution in [-0.2, 0) is 14.6 Å². The topological polar surface area (TPSA) is 85.2 Å². The zero-order valence-electron chi connectivity index (χ0n) is 14.8. The van der Waals surface area contributed by atoms with Crippen LogP contribution in [0.3, 0.4) is 0 Å². The lowest BCUT2D eigenvalue weighted by atomic mass is 10.2. The molecule has 0 bridgehead atoms. The van der Waals surface area contributed by atoms with Crippen LogP contribution in [0.2, 0.25) is 0 Å². The van der Waals surface area contributed by atoms with Crippen LogP contribution in [0.5, 0.6) is 0 Å². The van der Waals surface area contributed by atoms with Crippen molar-refractivity contribution in [3.05, 3.63) is 36.2 Å². The molecule has 0 saturated carbocycles. The van der Waals surface area contributed by atoms with Crippen LogP contribution in [0.25, 0.3) is 5.69 Å². The van der Waals surface area contributed by atoms with Crippen molar-refractivity contribution in [3.8, 4) is 5.69 Å².